The lowest BCUT2D eigenvalue weighted by atomic mass is 9.93. The molecule has 1 unspecified atom stereocenters. The van der Waals surface area contributed by atoms with E-state index >= 15 is 0 Å². The van der Waals surface area contributed by atoms with Crippen molar-refractivity contribution in [2.75, 3.05) is 13.1 Å². The van der Waals surface area contributed by atoms with Gasteiger partial charge in [0, 0.05) is 26.1 Å². The molecular formula is C16H20ClFN2O3. The number of carboxylic acid groups (broad SMARTS) is 1. The fourth-order valence-corrected chi connectivity index (χ4v) is 2.95. The van der Waals surface area contributed by atoms with Gasteiger partial charge in [0.15, 0.2) is 0 Å². The van der Waals surface area contributed by atoms with Crippen LogP contribution in [0.3, 0.4) is 0 Å². The standard InChI is InChI=1S/C16H20ClFN2O3/c17-13-8-12(3-5-14(13)18)9-19-16(23)20-7-1-2-11(10-20)4-6-15(21)22/h3,5,8,11H,1-2,4,6-7,9-10H2,(H,19,23)(H,21,22). The highest BCUT2D eigenvalue weighted by Crippen LogP contribution is 2.21. The van der Waals surface area contributed by atoms with Gasteiger partial charge in [0.05, 0.1) is 5.02 Å². The van der Waals surface area contributed by atoms with Crippen molar-refractivity contribution in [1.82, 2.24) is 10.2 Å². The molecule has 1 fully saturated rings. The smallest absolute Gasteiger partial charge is 0.317 e. The van der Waals surface area contributed by atoms with E-state index in [2.05, 4.69) is 5.32 Å². The van der Waals surface area contributed by atoms with Crippen LogP contribution in [0.5, 0.6) is 0 Å². The number of carboxylic acids is 1. The third-order valence-electron chi connectivity index (χ3n) is 4.00. The van der Waals surface area contributed by atoms with Crippen LogP contribution in [0.15, 0.2) is 18.2 Å². The van der Waals surface area contributed by atoms with Crippen molar-refractivity contribution in [3.63, 3.8) is 0 Å². The van der Waals surface area contributed by atoms with Crippen molar-refractivity contribution in [3.8, 4) is 0 Å². The molecular weight excluding hydrogens is 323 g/mol. The average Bonchev–Trinajstić information content (AvgIpc) is 2.54. The number of nitrogens with one attached hydrogen (secondary N) is 1. The van der Waals surface area contributed by atoms with E-state index in [9.17, 15) is 14.0 Å². The second kappa shape index (κ2) is 8.15. The highest BCUT2D eigenvalue weighted by atomic mass is 35.5. The Kier molecular flexibility index (Phi) is 6.21. The monoisotopic (exact) mass is 342 g/mol. The van der Waals surface area contributed by atoms with Crippen LogP contribution in [0.1, 0.15) is 31.2 Å². The second-order valence-corrected chi connectivity index (χ2v) is 6.20. The first-order valence-corrected chi connectivity index (χ1v) is 8.02. The van der Waals surface area contributed by atoms with Crippen molar-refractivity contribution >= 4 is 23.6 Å². The van der Waals surface area contributed by atoms with E-state index < -0.39 is 11.8 Å². The quantitative estimate of drug-likeness (QED) is 0.862. The molecule has 1 heterocycles. The van der Waals surface area contributed by atoms with Crippen LogP contribution in [0.2, 0.25) is 5.02 Å². The molecule has 5 nitrogen and oxygen atoms in total. The first-order chi connectivity index (χ1) is 11.0. The maximum absolute atomic E-state index is 13.1. The van der Waals surface area contributed by atoms with Gasteiger partial charge < -0.3 is 15.3 Å². The SMILES string of the molecule is O=C(O)CCC1CCCN(C(=O)NCc2ccc(F)c(Cl)c2)C1. The summed E-state index contributed by atoms with van der Waals surface area (Å²) in [6, 6.07) is 4.15. The van der Waals surface area contributed by atoms with E-state index in [1.807, 2.05) is 0 Å². The lowest BCUT2D eigenvalue weighted by Crippen LogP contribution is -2.45. The van der Waals surface area contributed by atoms with E-state index in [0.29, 0.717) is 19.5 Å². The van der Waals surface area contributed by atoms with Crippen LogP contribution in [0.25, 0.3) is 0 Å². The summed E-state index contributed by atoms with van der Waals surface area (Å²) < 4.78 is 13.1. The van der Waals surface area contributed by atoms with Crippen LogP contribution in [-0.2, 0) is 11.3 Å². The lowest BCUT2D eigenvalue weighted by molar-refractivity contribution is -0.137. The molecule has 1 aromatic rings. The van der Waals surface area contributed by atoms with Crippen molar-refractivity contribution in [2.24, 2.45) is 5.92 Å². The summed E-state index contributed by atoms with van der Waals surface area (Å²) in [6.45, 7) is 1.51. The van der Waals surface area contributed by atoms with E-state index in [0.717, 1.165) is 18.4 Å². The minimum atomic E-state index is -0.806. The number of benzene rings is 1. The van der Waals surface area contributed by atoms with Crippen molar-refractivity contribution in [1.29, 1.82) is 0 Å². The molecule has 7 heteroatoms. The van der Waals surface area contributed by atoms with Crippen LogP contribution < -0.4 is 5.32 Å². The fraction of sp³-hybridized carbons (Fsp3) is 0.500. The van der Waals surface area contributed by atoms with Crippen LogP contribution in [0.4, 0.5) is 9.18 Å². The molecule has 0 aliphatic carbocycles. The summed E-state index contributed by atoms with van der Waals surface area (Å²) in [5.41, 5.74) is 0.726. The Morgan fingerprint density at radius 3 is 2.91 bits per heavy atom. The number of carbonyl (C=O) groups is 2. The zero-order chi connectivity index (χ0) is 16.8. The molecule has 0 radical (unpaired) electrons. The van der Waals surface area contributed by atoms with E-state index in [-0.39, 0.29) is 29.9 Å². The summed E-state index contributed by atoms with van der Waals surface area (Å²) in [5.74, 6) is -1.07. The molecule has 0 aromatic heterocycles. The first kappa shape index (κ1) is 17.5. The normalized spacial score (nSPS) is 17.8. The van der Waals surface area contributed by atoms with Crippen molar-refractivity contribution < 1.29 is 19.1 Å². The number of likely N-dealkylation sites (tertiary alicyclic amines) is 1. The number of piperidine rings is 1. The number of hydrogen-bond donors (Lipinski definition) is 2. The maximum Gasteiger partial charge on any atom is 0.317 e. The van der Waals surface area contributed by atoms with Crippen LogP contribution in [0, 0.1) is 11.7 Å². The Morgan fingerprint density at radius 2 is 2.22 bits per heavy atom. The van der Waals surface area contributed by atoms with Crippen LogP contribution in [-0.4, -0.2) is 35.1 Å². The number of carbonyl (C=O) groups excluding carboxylic acids is 1. The topological polar surface area (TPSA) is 69.6 Å². The molecule has 2 amide bonds. The Labute approximate surface area is 139 Å². The third-order valence-corrected chi connectivity index (χ3v) is 4.29. The van der Waals surface area contributed by atoms with E-state index in [4.69, 9.17) is 16.7 Å². The zero-order valence-corrected chi connectivity index (χ0v) is 13.5. The van der Waals surface area contributed by atoms with Gasteiger partial charge in [-0.25, -0.2) is 9.18 Å². The molecule has 1 aliphatic rings. The number of amides is 2. The molecule has 1 aliphatic heterocycles. The minimum absolute atomic E-state index is 0.0310. The number of urea groups is 1. The molecule has 0 spiro atoms. The van der Waals surface area contributed by atoms with Gasteiger partial charge >= 0.3 is 12.0 Å². The largest absolute Gasteiger partial charge is 0.481 e. The highest BCUT2D eigenvalue weighted by Gasteiger charge is 2.23. The summed E-state index contributed by atoms with van der Waals surface area (Å²) in [5, 5.41) is 11.6. The lowest BCUT2D eigenvalue weighted by Gasteiger charge is -2.32. The average molecular weight is 343 g/mol. The molecule has 1 aromatic carbocycles. The van der Waals surface area contributed by atoms with Gasteiger partial charge in [0.1, 0.15) is 5.82 Å². The molecule has 2 rings (SSSR count). The number of rotatable bonds is 5. The van der Waals surface area contributed by atoms with Gasteiger partial charge in [-0.1, -0.05) is 17.7 Å². The Balaban J connectivity index is 1.82. The summed E-state index contributed by atoms with van der Waals surface area (Å²) in [4.78, 5) is 24.5. The summed E-state index contributed by atoms with van der Waals surface area (Å²) in [7, 11) is 0. The molecule has 0 bridgehead atoms. The van der Waals surface area contributed by atoms with Gasteiger partial charge in [-0.2, -0.15) is 0 Å². The molecule has 1 atom stereocenters. The Bertz CT molecular complexity index is 582. The molecule has 126 valence electrons. The Morgan fingerprint density at radius 1 is 1.43 bits per heavy atom. The predicted octanol–water partition coefficient (Wildman–Crippen LogP) is 3.27. The van der Waals surface area contributed by atoms with Gasteiger partial charge in [0.25, 0.3) is 0 Å². The van der Waals surface area contributed by atoms with Gasteiger partial charge in [0.2, 0.25) is 0 Å². The number of nitrogens with zero attached hydrogens (tertiary/aromatic N) is 1. The van der Waals surface area contributed by atoms with E-state index in [1.54, 1.807) is 11.0 Å². The number of hydrogen-bond acceptors (Lipinski definition) is 2. The first-order valence-electron chi connectivity index (χ1n) is 7.64. The number of aliphatic carboxylic acids is 1. The molecule has 23 heavy (non-hydrogen) atoms. The third kappa shape index (κ3) is 5.39. The molecule has 1 saturated heterocycles. The highest BCUT2D eigenvalue weighted by molar-refractivity contribution is 6.30. The zero-order valence-electron chi connectivity index (χ0n) is 12.7. The fourth-order valence-electron chi connectivity index (χ4n) is 2.75. The van der Waals surface area contributed by atoms with Gasteiger partial charge in [-0.3, -0.25) is 4.79 Å². The predicted molar refractivity (Wildman–Crippen MR) is 84.8 cm³/mol. The molecule has 2 N–H and O–H groups in total. The minimum Gasteiger partial charge on any atom is -0.481 e. The Hall–Kier alpha value is -1.82. The summed E-state index contributed by atoms with van der Waals surface area (Å²) >= 11 is 5.71. The van der Waals surface area contributed by atoms with Crippen LogP contribution >= 0.6 is 11.6 Å². The van der Waals surface area contributed by atoms with Gasteiger partial charge in [-0.15, -0.1) is 0 Å². The van der Waals surface area contributed by atoms with Crippen molar-refractivity contribution in [3.05, 3.63) is 34.6 Å². The maximum atomic E-state index is 13.1. The number of halogens is 2. The molecule has 0 saturated carbocycles. The van der Waals surface area contributed by atoms with Crippen molar-refractivity contribution in [2.45, 2.75) is 32.2 Å². The van der Waals surface area contributed by atoms with Gasteiger partial charge in [-0.05, 0) is 42.9 Å². The summed E-state index contributed by atoms with van der Waals surface area (Å²) in [6.07, 6.45) is 2.55. The van der Waals surface area contributed by atoms with E-state index in [1.165, 1.54) is 12.1 Å². The second-order valence-electron chi connectivity index (χ2n) is 5.79.